The first kappa shape index (κ1) is 16.5. The van der Waals surface area contributed by atoms with E-state index < -0.39 is 5.91 Å². The average molecular weight is 303 g/mol. The monoisotopic (exact) mass is 303 g/mol. The van der Waals surface area contributed by atoms with Gasteiger partial charge in [0.1, 0.15) is 0 Å². The zero-order valence-electron chi connectivity index (χ0n) is 13.3. The maximum atomic E-state index is 12.0. The Bertz CT molecular complexity index is 527. The van der Waals surface area contributed by atoms with Gasteiger partial charge in [-0.3, -0.25) is 9.59 Å². The molecular formula is C17H25N3O2. The maximum Gasteiger partial charge on any atom is 0.248 e. The van der Waals surface area contributed by atoms with Crippen molar-refractivity contribution in [2.45, 2.75) is 39.2 Å². The lowest BCUT2D eigenvalue weighted by Gasteiger charge is -2.34. The van der Waals surface area contributed by atoms with Gasteiger partial charge in [-0.1, -0.05) is 26.7 Å². The predicted octanol–water partition coefficient (Wildman–Crippen LogP) is 2.14. The van der Waals surface area contributed by atoms with Gasteiger partial charge in [-0.2, -0.15) is 0 Å². The van der Waals surface area contributed by atoms with Gasteiger partial charge >= 0.3 is 0 Å². The van der Waals surface area contributed by atoms with Crippen LogP contribution in [0, 0.1) is 11.8 Å². The highest BCUT2D eigenvalue weighted by atomic mass is 16.2. The van der Waals surface area contributed by atoms with Gasteiger partial charge in [-0.05, 0) is 42.5 Å². The van der Waals surface area contributed by atoms with E-state index in [0.717, 1.165) is 6.42 Å². The molecule has 3 atom stereocenters. The molecule has 0 spiro atoms. The second kappa shape index (κ2) is 7.40. The lowest BCUT2D eigenvalue weighted by Crippen LogP contribution is -2.43. The Morgan fingerprint density at radius 1 is 1.18 bits per heavy atom. The molecule has 4 N–H and O–H groups in total. The van der Waals surface area contributed by atoms with Crippen LogP contribution in [0.4, 0.5) is 5.69 Å². The van der Waals surface area contributed by atoms with E-state index in [1.807, 2.05) is 0 Å². The van der Waals surface area contributed by atoms with E-state index in [-0.39, 0.29) is 5.91 Å². The van der Waals surface area contributed by atoms with E-state index in [2.05, 4.69) is 24.5 Å². The van der Waals surface area contributed by atoms with E-state index in [1.54, 1.807) is 24.3 Å². The Morgan fingerprint density at radius 2 is 1.86 bits per heavy atom. The molecular weight excluding hydrogens is 278 g/mol. The first-order valence-electron chi connectivity index (χ1n) is 7.90. The highest BCUT2D eigenvalue weighted by Crippen LogP contribution is 2.29. The summed E-state index contributed by atoms with van der Waals surface area (Å²) >= 11 is 0. The minimum Gasteiger partial charge on any atom is -0.366 e. The molecule has 0 aliphatic heterocycles. The third-order valence-electron chi connectivity index (χ3n) is 4.68. The molecule has 0 unspecified atom stereocenters. The second-order valence-corrected chi connectivity index (χ2v) is 6.24. The molecule has 2 amide bonds. The number of amides is 2. The molecule has 1 aliphatic rings. The first-order chi connectivity index (χ1) is 10.5. The van der Waals surface area contributed by atoms with Crippen molar-refractivity contribution in [2.75, 3.05) is 11.9 Å². The van der Waals surface area contributed by atoms with Gasteiger partial charge in [0, 0.05) is 17.3 Å². The molecule has 2 rings (SSSR count). The lowest BCUT2D eigenvalue weighted by atomic mass is 9.78. The van der Waals surface area contributed by atoms with Gasteiger partial charge in [0.2, 0.25) is 11.8 Å². The Hall–Kier alpha value is -1.88. The van der Waals surface area contributed by atoms with E-state index in [9.17, 15) is 9.59 Å². The number of carbonyl (C=O) groups is 2. The van der Waals surface area contributed by atoms with Crippen molar-refractivity contribution in [3.05, 3.63) is 29.8 Å². The number of primary amides is 1. The molecule has 0 saturated heterocycles. The average Bonchev–Trinajstić information content (AvgIpc) is 2.49. The molecule has 1 saturated carbocycles. The molecule has 22 heavy (non-hydrogen) atoms. The SMILES string of the molecule is C[C@H]1[C@@H](C)CCC[C@H]1NCC(=O)Nc1ccc(C(N)=O)cc1. The minimum atomic E-state index is -0.472. The topological polar surface area (TPSA) is 84.2 Å². The van der Waals surface area contributed by atoms with Gasteiger partial charge in [0.25, 0.3) is 0 Å². The number of nitrogens with two attached hydrogens (primary N) is 1. The molecule has 1 aromatic rings. The van der Waals surface area contributed by atoms with Crippen molar-refractivity contribution in [1.29, 1.82) is 0 Å². The summed E-state index contributed by atoms with van der Waals surface area (Å²) < 4.78 is 0. The smallest absolute Gasteiger partial charge is 0.248 e. The summed E-state index contributed by atoms with van der Waals surface area (Å²) in [6.45, 7) is 4.83. The molecule has 0 aromatic heterocycles. The zero-order chi connectivity index (χ0) is 16.1. The van der Waals surface area contributed by atoms with Crippen molar-refractivity contribution in [1.82, 2.24) is 5.32 Å². The number of rotatable bonds is 5. The van der Waals surface area contributed by atoms with Crippen LogP contribution in [0.25, 0.3) is 0 Å². The van der Waals surface area contributed by atoms with E-state index >= 15 is 0 Å². The van der Waals surface area contributed by atoms with Crippen LogP contribution in [0.2, 0.25) is 0 Å². The van der Waals surface area contributed by atoms with E-state index in [0.29, 0.717) is 35.7 Å². The molecule has 5 heteroatoms. The number of benzene rings is 1. The maximum absolute atomic E-state index is 12.0. The Morgan fingerprint density at radius 3 is 2.50 bits per heavy atom. The summed E-state index contributed by atoms with van der Waals surface area (Å²) in [5.41, 5.74) is 6.28. The van der Waals surface area contributed by atoms with Crippen LogP contribution >= 0.6 is 0 Å². The normalized spacial score (nSPS) is 24.7. The van der Waals surface area contributed by atoms with Crippen molar-refractivity contribution in [3.63, 3.8) is 0 Å². The third-order valence-corrected chi connectivity index (χ3v) is 4.68. The number of nitrogens with one attached hydrogen (secondary N) is 2. The van der Waals surface area contributed by atoms with Gasteiger partial charge in [-0.15, -0.1) is 0 Å². The fourth-order valence-electron chi connectivity index (χ4n) is 3.02. The molecule has 0 bridgehead atoms. The van der Waals surface area contributed by atoms with Gasteiger partial charge in [-0.25, -0.2) is 0 Å². The molecule has 5 nitrogen and oxygen atoms in total. The third kappa shape index (κ3) is 4.31. The molecule has 1 aromatic carbocycles. The lowest BCUT2D eigenvalue weighted by molar-refractivity contribution is -0.115. The van der Waals surface area contributed by atoms with Crippen LogP contribution in [0.5, 0.6) is 0 Å². The highest BCUT2D eigenvalue weighted by Gasteiger charge is 2.26. The van der Waals surface area contributed by atoms with Crippen LogP contribution in [0.1, 0.15) is 43.5 Å². The van der Waals surface area contributed by atoms with Crippen LogP contribution < -0.4 is 16.4 Å². The van der Waals surface area contributed by atoms with Gasteiger partial charge < -0.3 is 16.4 Å². The molecule has 0 heterocycles. The highest BCUT2D eigenvalue weighted by molar-refractivity contribution is 5.95. The first-order valence-corrected chi connectivity index (χ1v) is 7.90. The summed E-state index contributed by atoms with van der Waals surface area (Å²) in [5, 5.41) is 6.19. The summed E-state index contributed by atoms with van der Waals surface area (Å²) in [5.74, 6) is 0.754. The van der Waals surface area contributed by atoms with Crippen LogP contribution in [-0.4, -0.2) is 24.4 Å². The summed E-state index contributed by atoms with van der Waals surface area (Å²) in [6, 6.07) is 6.99. The quantitative estimate of drug-likeness (QED) is 0.779. The fraction of sp³-hybridized carbons (Fsp3) is 0.529. The molecule has 0 radical (unpaired) electrons. The molecule has 1 aliphatic carbocycles. The summed E-state index contributed by atoms with van der Waals surface area (Å²) in [6.07, 6.45) is 3.63. The van der Waals surface area contributed by atoms with E-state index in [4.69, 9.17) is 5.73 Å². The van der Waals surface area contributed by atoms with Crippen molar-refractivity contribution >= 4 is 17.5 Å². The van der Waals surface area contributed by atoms with Crippen molar-refractivity contribution in [2.24, 2.45) is 17.6 Å². The largest absolute Gasteiger partial charge is 0.366 e. The Kier molecular flexibility index (Phi) is 5.55. The van der Waals surface area contributed by atoms with Crippen molar-refractivity contribution < 1.29 is 9.59 Å². The summed E-state index contributed by atoms with van der Waals surface area (Å²) in [4.78, 5) is 23.0. The number of hydrogen-bond donors (Lipinski definition) is 3. The Balaban J connectivity index is 1.81. The van der Waals surface area contributed by atoms with Crippen molar-refractivity contribution in [3.8, 4) is 0 Å². The van der Waals surface area contributed by atoms with Gasteiger partial charge in [0.05, 0.1) is 6.54 Å². The standard InChI is InChI=1S/C17H25N3O2/c1-11-4-3-5-15(12(11)2)19-10-16(21)20-14-8-6-13(7-9-14)17(18)22/h6-9,11-12,15,19H,3-5,10H2,1-2H3,(H2,18,22)(H,20,21)/t11-,12-,15+/m0/s1. The molecule has 1 fully saturated rings. The number of anilines is 1. The van der Waals surface area contributed by atoms with Gasteiger partial charge in [0.15, 0.2) is 0 Å². The van der Waals surface area contributed by atoms with Crippen LogP contribution in [-0.2, 0) is 4.79 Å². The van der Waals surface area contributed by atoms with Crippen LogP contribution in [0.3, 0.4) is 0 Å². The minimum absolute atomic E-state index is 0.0720. The number of carbonyl (C=O) groups excluding carboxylic acids is 2. The van der Waals surface area contributed by atoms with Crippen LogP contribution in [0.15, 0.2) is 24.3 Å². The molecule has 120 valence electrons. The Labute approximate surface area is 131 Å². The van der Waals surface area contributed by atoms with E-state index in [1.165, 1.54) is 12.8 Å². The zero-order valence-corrected chi connectivity index (χ0v) is 13.3. The fourth-order valence-corrected chi connectivity index (χ4v) is 3.02. The summed E-state index contributed by atoms with van der Waals surface area (Å²) in [7, 11) is 0. The number of hydrogen-bond acceptors (Lipinski definition) is 3. The second-order valence-electron chi connectivity index (χ2n) is 6.24. The predicted molar refractivity (Wildman–Crippen MR) is 87.6 cm³/mol.